The van der Waals surface area contributed by atoms with Crippen molar-refractivity contribution in [2.75, 3.05) is 25.9 Å². The van der Waals surface area contributed by atoms with Crippen LogP contribution in [0.1, 0.15) is 6.42 Å². The van der Waals surface area contributed by atoms with Gasteiger partial charge in [-0.1, -0.05) is 0 Å². The molecule has 0 aromatic carbocycles. The second-order valence-corrected chi connectivity index (χ2v) is 3.66. The average Bonchev–Trinajstić information content (AvgIpc) is 2.07. The van der Waals surface area contributed by atoms with Gasteiger partial charge in [-0.05, 0) is 18.8 Å². The van der Waals surface area contributed by atoms with Crippen molar-refractivity contribution in [2.24, 2.45) is 0 Å². The first-order valence-corrected chi connectivity index (χ1v) is 5.06. The second kappa shape index (κ2) is 6.94. The molecule has 0 unspecified atom stereocenters. The molecule has 3 nitrogen and oxygen atoms in total. The van der Waals surface area contributed by atoms with Gasteiger partial charge < -0.3 is 10.6 Å². The largest absolute Gasteiger partial charge is 0.441 e. The van der Waals surface area contributed by atoms with Gasteiger partial charge in [-0.15, -0.1) is 0 Å². The van der Waals surface area contributed by atoms with E-state index >= 15 is 0 Å². The van der Waals surface area contributed by atoms with Crippen LogP contribution in [0.5, 0.6) is 0 Å². The van der Waals surface area contributed by atoms with Gasteiger partial charge >= 0.3 is 5.51 Å². The van der Waals surface area contributed by atoms with Crippen LogP contribution in [0, 0.1) is 0 Å². The maximum Gasteiger partial charge on any atom is 0.441 e. The number of carbonyl (C=O) groups excluding carboxylic acids is 1. The first-order valence-electron chi connectivity index (χ1n) is 4.07. The zero-order chi connectivity index (χ0) is 11.0. The van der Waals surface area contributed by atoms with Gasteiger partial charge in [0.2, 0.25) is 5.91 Å². The predicted octanol–water partition coefficient (Wildman–Crippen LogP) is 0.965. The number of alkyl halides is 3. The summed E-state index contributed by atoms with van der Waals surface area (Å²) in [6, 6.07) is 0. The minimum absolute atomic E-state index is 0.0483. The molecular weight excluding hydrogens is 217 g/mol. The second-order valence-electron chi connectivity index (χ2n) is 2.50. The van der Waals surface area contributed by atoms with Crippen molar-refractivity contribution in [3.05, 3.63) is 0 Å². The summed E-state index contributed by atoms with van der Waals surface area (Å²) < 4.78 is 34.9. The quantitative estimate of drug-likeness (QED) is 0.668. The molecular formula is C7H13F3N2OS. The predicted molar refractivity (Wildman–Crippen MR) is 50.1 cm³/mol. The maximum atomic E-state index is 11.6. The SMILES string of the molecule is CNCCC(=O)NCCSC(F)(F)F. The highest BCUT2D eigenvalue weighted by Gasteiger charge is 2.27. The third kappa shape index (κ3) is 9.66. The number of amides is 1. The lowest BCUT2D eigenvalue weighted by atomic mass is 10.4. The summed E-state index contributed by atoms with van der Waals surface area (Å²) in [5.74, 6) is -0.378. The monoisotopic (exact) mass is 230 g/mol. The molecule has 0 heterocycles. The number of halogens is 3. The first-order chi connectivity index (χ1) is 6.45. The van der Waals surface area contributed by atoms with Crippen molar-refractivity contribution in [3.8, 4) is 0 Å². The van der Waals surface area contributed by atoms with Crippen LogP contribution in [0.2, 0.25) is 0 Å². The summed E-state index contributed by atoms with van der Waals surface area (Å²) in [4.78, 5) is 10.9. The molecule has 0 aliphatic rings. The van der Waals surface area contributed by atoms with Gasteiger partial charge in [-0.3, -0.25) is 4.79 Å². The van der Waals surface area contributed by atoms with E-state index in [1.807, 2.05) is 0 Å². The molecule has 7 heteroatoms. The molecule has 0 fully saturated rings. The fourth-order valence-corrected chi connectivity index (χ4v) is 1.12. The van der Waals surface area contributed by atoms with E-state index in [1.165, 1.54) is 0 Å². The molecule has 0 aromatic rings. The zero-order valence-corrected chi connectivity index (χ0v) is 8.60. The Kier molecular flexibility index (Phi) is 6.73. The van der Waals surface area contributed by atoms with Crippen LogP contribution >= 0.6 is 11.8 Å². The third-order valence-electron chi connectivity index (χ3n) is 1.29. The topological polar surface area (TPSA) is 41.1 Å². The minimum Gasteiger partial charge on any atom is -0.355 e. The molecule has 84 valence electrons. The highest BCUT2D eigenvalue weighted by Crippen LogP contribution is 2.29. The van der Waals surface area contributed by atoms with Gasteiger partial charge in [0.05, 0.1) is 0 Å². The Morgan fingerprint density at radius 1 is 1.36 bits per heavy atom. The molecule has 0 rings (SSSR count). The molecule has 14 heavy (non-hydrogen) atoms. The van der Waals surface area contributed by atoms with Crippen LogP contribution in [-0.4, -0.2) is 37.3 Å². The van der Waals surface area contributed by atoms with E-state index in [2.05, 4.69) is 10.6 Å². The minimum atomic E-state index is -4.21. The Bertz CT molecular complexity index is 175. The Morgan fingerprint density at radius 3 is 2.50 bits per heavy atom. The molecule has 0 atom stereocenters. The van der Waals surface area contributed by atoms with Crippen LogP contribution in [-0.2, 0) is 4.79 Å². The number of nitrogens with one attached hydrogen (secondary N) is 2. The van der Waals surface area contributed by atoms with Crippen molar-refractivity contribution >= 4 is 17.7 Å². The molecule has 0 saturated carbocycles. The highest BCUT2D eigenvalue weighted by molar-refractivity contribution is 8.00. The van der Waals surface area contributed by atoms with Crippen molar-refractivity contribution < 1.29 is 18.0 Å². The molecule has 0 saturated heterocycles. The van der Waals surface area contributed by atoms with Crippen LogP contribution in [0.4, 0.5) is 13.2 Å². The molecule has 0 radical (unpaired) electrons. The van der Waals surface area contributed by atoms with Crippen molar-refractivity contribution in [2.45, 2.75) is 11.9 Å². The van der Waals surface area contributed by atoms with Gasteiger partial charge in [0.25, 0.3) is 0 Å². The Labute approximate surface area is 84.8 Å². The standard InChI is InChI=1S/C7H13F3N2OS/c1-11-3-2-6(13)12-4-5-14-7(8,9)10/h11H,2-5H2,1H3,(H,12,13). The lowest BCUT2D eigenvalue weighted by Crippen LogP contribution is -2.28. The number of rotatable bonds is 6. The lowest BCUT2D eigenvalue weighted by molar-refractivity contribution is -0.120. The fourth-order valence-electron chi connectivity index (χ4n) is 0.684. The summed E-state index contributed by atoms with van der Waals surface area (Å²) in [6.45, 7) is 0.574. The molecule has 0 spiro atoms. The molecule has 0 bridgehead atoms. The average molecular weight is 230 g/mol. The number of thioether (sulfide) groups is 1. The van der Waals surface area contributed by atoms with Crippen molar-refractivity contribution in [3.63, 3.8) is 0 Å². The fraction of sp³-hybridized carbons (Fsp3) is 0.857. The van der Waals surface area contributed by atoms with Gasteiger partial charge in [0, 0.05) is 25.3 Å². The zero-order valence-electron chi connectivity index (χ0n) is 7.78. The van der Waals surface area contributed by atoms with E-state index in [-0.39, 0.29) is 36.4 Å². The Balaban J connectivity index is 3.32. The van der Waals surface area contributed by atoms with Crippen LogP contribution in [0.3, 0.4) is 0 Å². The van der Waals surface area contributed by atoms with Gasteiger partial charge in [0.15, 0.2) is 0 Å². The first kappa shape index (κ1) is 13.6. The Hall–Kier alpha value is -0.430. The van der Waals surface area contributed by atoms with E-state index in [4.69, 9.17) is 0 Å². The summed E-state index contributed by atoms with van der Waals surface area (Å²) in [5, 5.41) is 5.16. The van der Waals surface area contributed by atoms with Crippen molar-refractivity contribution in [1.29, 1.82) is 0 Å². The third-order valence-corrected chi connectivity index (χ3v) is 2.03. The molecule has 2 N–H and O–H groups in total. The number of carbonyl (C=O) groups is 1. The molecule has 0 aliphatic heterocycles. The summed E-state index contributed by atoms with van der Waals surface area (Å²) in [7, 11) is 1.70. The van der Waals surface area contributed by atoms with Gasteiger partial charge in [-0.2, -0.15) is 13.2 Å². The van der Waals surface area contributed by atoms with E-state index in [0.717, 1.165) is 0 Å². The van der Waals surface area contributed by atoms with E-state index < -0.39 is 5.51 Å². The van der Waals surface area contributed by atoms with Gasteiger partial charge in [-0.25, -0.2) is 0 Å². The van der Waals surface area contributed by atoms with Crippen LogP contribution in [0.25, 0.3) is 0 Å². The summed E-state index contributed by atoms with van der Waals surface area (Å²) in [5.41, 5.74) is -4.21. The van der Waals surface area contributed by atoms with Gasteiger partial charge in [0.1, 0.15) is 0 Å². The number of hydrogen-bond donors (Lipinski definition) is 2. The molecule has 1 amide bonds. The lowest BCUT2D eigenvalue weighted by Gasteiger charge is -2.06. The Morgan fingerprint density at radius 2 is 2.00 bits per heavy atom. The summed E-state index contributed by atoms with van der Waals surface area (Å²) in [6.07, 6.45) is 0.285. The van der Waals surface area contributed by atoms with E-state index in [1.54, 1.807) is 7.05 Å². The number of hydrogen-bond acceptors (Lipinski definition) is 3. The highest BCUT2D eigenvalue weighted by atomic mass is 32.2. The summed E-state index contributed by atoms with van der Waals surface area (Å²) >= 11 is -0.131. The van der Waals surface area contributed by atoms with Crippen molar-refractivity contribution in [1.82, 2.24) is 10.6 Å². The molecule has 0 aromatic heterocycles. The van der Waals surface area contributed by atoms with E-state index in [9.17, 15) is 18.0 Å². The van der Waals surface area contributed by atoms with E-state index in [0.29, 0.717) is 6.54 Å². The smallest absolute Gasteiger partial charge is 0.355 e. The normalized spacial score (nSPS) is 11.4. The maximum absolute atomic E-state index is 11.6. The van der Waals surface area contributed by atoms with Crippen LogP contribution < -0.4 is 10.6 Å². The molecule has 0 aliphatic carbocycles. The van der Waals surface area contributed by atoms with Crippen LogP contribution in [0.15, 0.2) is 0 Å².